The molecule has 2 rings (SSSR count). The van der Waals surface area contributed by atoms with Gasteiger partial charge >= 0.3 is 5.97 Å². The Morgan fingerprint density at radius 1 is 1.30 bits per heavy atom. The zero-order chi connectivity index (χ0) is 14.5. The fourth-order valence-corrected chi connectivity index (χ4v) is 1.90. The van der Waals surface area contributed by atoms with Crippen molar-refractivity contribution in [2.75, 3.05) is 19.7 Å². The Morgan fingerprint density at radius 3 is 2.50 bits per heavy atom. The molecule has 0 atom stereocenters. The first-order valence-corrected chi connectivity index (χ1v) is 6.73. The van der Waals surface area contributed by atoms with Crippen LogP contribution in [-0.4, -0.2) is 41.6 Å². The minimum Gasteiger partial charge on any atom is -0.484 e. The average molecular weight is 277 g/mol. The Balaban J connectivity index is 1.86. The number of carbonyl (C=O) groups is 2. The van der Waals surface area contributed by atoms with E-state index in [1.165, 1.54) is 4.90 Å². The molecule has 0 saturated heterocycles. The van der Waals surface area contributed by atoms with Crippen LogP contribution < -0.4 is 4.74 Å². The Bertz CT molecular complexity index is 479. The molecule has 0 bridgehead atoms. The molecule has 0 radical (unpaired) electrons. The second-order valence-corrected chi connectivity index (χ2v) is 5.21. The standard InChI is InChI=1S/C15H19NO4/c1-11-2-6-13(7-3-11)20-10-14(17)16(9-15(18)19)8-12-4-5-12/h2-3,6-7,12H,4-5,8-10H2,1H3,(H,18,19). The highest BCUT2D eigenvalue weighted by Gasteiger charge is 2.28. The van der Waals surface area contributed by atoms with Gasteiger partial charge in [0.1, 0.15) is 12.3 Å². The van der Waals surface area contributed by atoms with Crippen molar-refractivity contribution in [3.05, 3.63) is 29.8 Å². The molecule has 0 spiro atoms. The first kappa shape index (κ1) is 14.4. The van der Waals surface area contributed by atoms with Crippen LogP contribution in [0.3, 0.4) is 0 Å². The normalized spacial score (nSPS) is 13.8. The molecular formula is C15H19NO4. The SMILES string of the molecule is Cc1ccc(OCC(=O)N(CC(=O)O)CC2CC2)cc1. The maximum atomic E-state index is 12.0. The average Bonchev–Trinajstić information content (AvgIpc) is 3.20. The van der Waals surface area contributed by atoms with Gasteiger partial charge in [-0.05, 0) is 37.8 Å². The summed E-state index contributed by atoms with van der Waals surface area (Å²) in [6, 6.07) is 7.40. The lowest BCUT2D eigenvalue weighted by atomic mass is 10.2. The number of hydrogen-bond acceptors (Lipinski definition) is 3. The molecule has 1 aliphatic carbocycles. The van der Waals surface area contributed by atoms with Crippen LogP contribution in [0.15, 0.2) is 24.3 Å². The fraction of sp³-hybridized carbons (Fsp3) is 0.467. The van der Waals surface area contributed by atoms with Crippen molar-refractivity contribution in [2.45, 2.75) is 19.8 Å². The van der Waals surface area contributed by atoms with E-state index in [9.17, 15) is 9.59 Å². The molecule has 108 valence electrons. The van der Waals surface area contributed by atoms with Gasteiger partial charge in [0.05, 0.1) is 0 Å². The Labute approximate surface area is 118 Å². The molecule has 0 aromatic heterocycles. The highest BCUT2D eigenvalue weighted by molar-refractivity contribution is 5.82. The van der Waals surface area contributed by atoms with Crippen molar-refractivity contribution in [3.8, 4) is 5.75 Å². The van der Waals surface area contributed by atoms with Crippen molar-refractivity contribution < 1.29 is 19.4 Å². The highest BCUT2D eigenvalue weighted by atomic mass is 16.5. The first-order chi connectivity index (χ1) is 9.54. The van der Waals surface area contributed by atoms with Crippen LogP contribution in [0.5, 0.6) is 5.75 Å². The van der Waals surface area contributed by atoms with Gasteiger partial charge in [0.15, 0.2) is 6.61 Å². The number of aryl methyl sites for hydroxylation is 1. The third-order valence-electron chi connectivity index (χ3n) is 3.24. The van der Waals surface area contributed by atoms with Gasteiger partial charge in [-0.15, -0.1) is 0 Å². The van der Waals surface area contributed by atoms with Gasteiger partial charge in [-0.2, -0.15) is 0 Å². The third-order valence-corrected chi connectivity index (χ3v) is 3.24. The maximum Gasteiger partial charge on any atom is 0.323 e. The number of benzene rings is 1. The van der Waals surface area contributed by atoms with Crippen LogP contribution in [0.1, 0.15) is 18.4 Å². The molecule has 1 saturated carbocycles. The van der Waals surface area contributed by atoms with Gasteiger partial charge in [0.25, 0.3) is 5.91 Å². The summed E-state index contributed by atoms with van der Waals surface area (Å²) in [7, 11) is 0. The van der Waals surface area contributed by atoms with Crippen molar-refractivity contribution in [1.29, 1.82) is 0 Å². The molecular weight excluding hydrogens is 258 g/mol. The van der Waals surface area contributed by atoms with Crippen LogP contribution >= 0.6 is 0 Å². The number of rotatable bonds is 7. The molecule has 1 aromatic carbocycles. The summed E-state index contributed by atoms with van der Waals surface area (Å²) < 4.78 is 5.40. The van der Waals surface area contributed by atoms with Crippen molar-refractivity contribution in [1.82, 2.24) is 4.90 Å². The lowest BCUT2D eigenvalue weighted by Gasteiger charge is -2.20. The zero-order valence-corrected chi connectivity index (χ0v) is 11.5. The predicted octanol–water partition coefficient (Wildman–Crippen LogP) is 1.70. The molecule has 0 heterocycles. The lowest BCUT2D eigenvalue weighted by Crippen LogP contribution is -2.40. The van der Waals surface area contributed by atoms with E-state index in [0.717, 1.165) is 18.4 Å². The minimum atomic E-state index is -0.991. The number of carbonyl (C=O) groups excluding carboxylic acids is 1. The number of carboxylic acid groups (broad SMARTS) is 1. The van der Waals surface area contributed by atoms with Crippen LogP contribution in [0.4, 0.5) is 0 Å². The molecule has 1 aliphatic rings. The van der Waals surface area contributed by atoms with E-state index < -0.39 is 5.97 Å². The zero-order valence-electron chi connectivity index (χ0n) is 11.5. The molecule has 5 heteroatoms. The topological polar surface area (TPSA) is 66.8 Å². The van der Waals surface area contributed by atoms with Crippen LogP contribution in [-0.2, 0) is 9.59 Å². The number of carboxylic acids is 1. The number of nitrogens with zero attached hydrogens (tertiary/aromatic N) is 1. The molecule has 0 unspecified atom stereocenters. The third kappa shape index (κ3) is 4.57. The molecule has 1 amide bonds. The summed E-state index contributed by atoms with van der Waals surface area (Å²) >= 11 is 0. The summed E-state index contributed by atoms with van der Waals surface area (Å²) in [6.07, 6.45) is 2.14. The summed E-state index contributed by atoms with van der Waals surface area (Å²) in [6.45, 7) is 2.11. The quantitative estimate of drug-likeness (QED) is 0.823. The number of aliphatic carboxylic acids is 1. The summed E-state index contributed by atoms with van der Waals surface area (Å²) in [5.41, 5.74) is 1.12. The largest absolute Gasteiger partial charge is 0.484 e. The number of amides is 1. The maximum absolute atomic E-state index is 12.0. The van der Waals surface area contributed by atoms with Gasteiger partial charge < -0.3 is 14.7 Å². The van der Waals surface area contributed by atoms with Crippen LogP contribution in [0, 0.1) is 12.8 Å². The van der Waals surface area contributed by atoms with E-state index in [1.807, 2.05) is 19.1 Å². The van der Waals surface area contributed by atoms with Crippen molar-refractivity contribution in [3.63, 3.8) is 0 Å². The molecule has 20 heavy (non-hydrogen) atoms. The van der Waals surface area contributed by atoms with E-state index in [4.69, 9.17) is 9.84 Å². The fourth-order valence-electron chi connectivity index (χ4n) is 1.90. The van der Waals surface area contributed by atoms with E-state index in [-0.39, 0.29) is 19.1 Å². The van der Waals surface area contributed by atoms with Crippen molar-refractivity contribution >= 4 is 11.9 Å². The second-order valence-electron chi connectivity index (χ2n) is 5.21. The summed E-state index contributed by atoms with van der Waals surface area (Å²) in [5.74, 6) is -0.197. The van der Waals surface area contributed by atoms with Crippen molar-refractivity contribution in [2.24, 2.45) is 5.92 Å². The van der Waals surface area contributed by atoms with E-state index >= 15 is 0 Å². The van der Waals surface area contributed by atoms with Crippen LogP contribution in [0.25, 0.3) is 0 Å². The summed E-state index contributed by atoms with van der Waals surface area (Å²) in [4.78, 5) is 24.2. The number of ether oxygens (including phenoxy) is 1. The molecule has 1 N–H and O–H groups in total. The first-order valence-electron chi connectivity index (χ1n) is 6.73. The Kier molecular flexibility index (Phi) is 4.61. The van der Waals surface area contributed by atoms with E-state index in [2.05, 4.69) is 0 Å². The number of hydrogen-bond donors (Lipinski definition) is 1. The molecule has 1 aromatic rings. The minimum absolute atomic E-state index is 0.122. The van der Waals surface area contributed by atoms with E-state index in [1.54, 1.807) is 12.1 Å². The van der Waals surface area contributed by atoms with Gasteiger partial charge in [0.2, 0.25) is 0 Å². The highest BCUT2D eigenvalue weighted by Crippen LogP contribution is 2.29. The van der Waals surface area contributed by atoms with Gasteiger partial charge in [-0.3, -0.25) is 9.59 Å². The lowest BCUT2D eigenvalue weighted by molar-refractivity contribution is -0.145. The van der Waals surface area contributed by atoms with Crippen LogP contribution in [0.2, 0.25) is 0 Å². The summed E-state index contributed by atoms with van der Waals surface area (Å²) in [5, 5.41) is 8.85. The second kappa shape index (κ2) is 6.41. The molecule has 1 fully saturated rings. The van der Waals surface area contributed by atoms with E-state index in [0.29, 0.717) is 18.2 Å². The van der Waals surface area contributed by atoms with Gasteiger partial charge in [-0.1, -0.05) is 17.7 Å². The smallest absolute Gasteiger partial charge is 0.323 e. The predicted molar refractivity (Wildman–Crippen MR) is 73.6 cm³/mol. The van der Waals surface area contributed by atoms with Gasteiger partial charge in [-0.25, -0.2) is 0 Å². The molecule has 0 aliphatic heterocycles. The molecule has 5 nitrogen and oxygen atoms in total. The van der Waals surface area contributed by atoms with Gasteiger partial charge in [0, 0.05) is 6.54 Å². The Hall–Kier alpha value is -2.04. The Morgan fingerprint density at radius 2 is 1.95 bits per heavy atom. The monoisotopic (exact) mass is 277 g/mol.